The molecule has 0 rings (SSSR count). The first-order valence-corrected chi connectivity index (χ1v) is 28.9. The monoisotopic (exact) mass is 949 g/mol. The van der Waals surface area contributed by atoms with Crippen molar-refractivity contribution in [1.29, 1.82) is 0 Å². The van der Waals surface area contributed by atoms with Gasteiger partial charge in [0.1, 0.15) is 13.2 Å². The molecule has 0 saturated heterocycles. The minimum atomic E-state index is -0.788. The van der Waals surface area contributed by atoms with Gasteiger partial charge in [0.15, 0.2) is 6.10 Å². The molecule has 0 N–H and O–H groups in total. The zero-order valence-corrected chi connectivity index (χ0v) is 44.9. The minimum Gasteiger partial charge on any atom is -0.462 e. The molecule has 392 valence electrons. The molecule has 0 aromatic rings. The Hall–Kier alpha value is -3.15. The zero-order valence-electron chi connectivity index (χ0n) is 44.9. The molecule has 0 aliphatic rings. The number of allylic oxidation sites excluding steroid dienone is 12. The summed E-state index contributed by atoms with van der Waals surface area (Å²) in [4.78, 5) is 38.1. The molecule has 0 aliphatic heterocycles. The van der Waals surface area contributed by atoms with Gasteiger partial charge in [0.05, 0.1) is 0 Å². The normalized spacial score (nSPS) is 12.6. The Morgan fingerprint density at radius 1 is 0.309 bits per heavy atom. The van der Waals surface area contributed by atoms with Crippen LogP contribution in [0.15, 0.2) is 72.9 Å². The van der Waals surface area contributed by atoms with Crippen LogP contribution < -0.4 is 0 Å². The van der Waals surface area contributed by atoms with E-state index in [2.05, 4.69) is 93.7 Å². The van der Waals surface area contributed by atoms with Crippen molar-refractivity contribution in [2.75, 3.05) is 13.2 Å². The molecule has 0 spiro atoms. The molecule has 1 atom stereocenters. The van der Waals surface area contributed by atoms with Crippen molar-refractivity contribution >= 4 is 17.9 Å². The van der Waals surface area contributed by atoms with Crippen LogP contribution in [0.5, 0.6) is 0 Å². The van der Waals surface area contributed by atoms with Gasteiger partial charge in [-0.3, -0.25) is 14.4 Å². The van der Waals surface area contributed by atoms with Crippen molar-refractivity contribution in [3.05, 3.63) is 72.9 Å². The average molecular weight is 950 g/mol. The van der Waals surface area contributed by atoms with Crippen LogP contribution in [0.3, 0.4) is 0 Å². The summed E-state index contributed by atoms with van der Waals surface area (Å²) in [6.07, 6.45) is 71.8. The predicted octanol–water partition coefficient (Wildman–Crippen LogP) is 19.4. The summed E-state index contributed by atoms with van der Waals surface area (Å²) in [7, 11) is 0. The Labute approximate surface area is 421 Å². The number of carbonyl (C=O) groups is 3. The molecule has 0 amide bonds. The third-order valence-corrected chi connectivity index (χ3v) is 12.4. The van der Waals surface area contributed by atoms with E-state index in [9.17, 15) is 14.4 Å². The van der Waals surface area contributed by atoms with Gasteiger partial charge in [-0.25, -0.2) is 0 Å². The molecule has 0 aliphatic carbocycles. The second-order valence-electron chi connectivity index (χ2n) is 19.2. The lowest BCUT2D eigenvalue weighted by Gasteiger charge is -2.18. The fourth-order valence-corrected chi connectivity index (χ4v) is 8.07. The van der Waals surface area contributed by atoms with Gasteiger partial charge >= 0.3 is 17.9 Å². The highest BCUT2D eigenvalue weighted by molar-refractivity contribution is 5.71. The first kappa shape index (κ1) is 64.8. The molecule has 0 heterocycles. The summed E-state index contributed by atoms with van der Waals surface area (Å²) < 4.78 is 16.8. The van der Waals surface area contributed by atoms with Crippen molar-refractivity contribution < 1.29 is 28.6 Å². The van der Waals surface area contributed by atoms with Crippen molar-refractivity contribution in [2.24, 2.45) is 0 Å². The fraction of sp³-hybridized carbons (Fsp3) is 0.758. The lowest BCUT2D eigenvalue weighted by molar-refractivity contribution is -0.167. The van der Waals surface area contributed by atoms with Crippen LogP contribution in [-0.2, 0) is 28.6 Å². The highest BCUT2D eigenvalue weighted by Gasteiger charge is 2.19. The van der Waals surface area contributed by atoms with Gasteiger partial charge in [-0.2, -0.15) is 0 Å². The molecule has 1 unspecified atom stereocenters. The van der Waals surface area contributed by atoms with Crippen LogP contribution in [0.1, 0.15) is 284 Å². The third kappa shape index (κ3) is 53.8. The van der Waals surface area contributed by atoms with E-state index in [-0.39, 0.29) is 31.1 Å². The summed E-state index contributed by atoms with van der Waals surface area (Å²) in [6, 6.07) is 0. The van der Waals surface area contributed by atoms with E-state index in [0.717, 1.165) is 109 Å². The van der Waals surface area contributed by atoms with Gasteiger partial charge < -0.3 is 14.2 Å². The second-order valence-corrected chi connectivity index (χ2v) is 19.2. The number of rotatable bonds is 52. The molecule has 6 heteroatoms. The molecular formula is C62H108O6. The Morgan fingerprint density at radius 3 is 0.941 bits per heavy atom. The summed E-state index contributed by atoms with van der Waals surface area (Å²) in [5.41, 5.74) is 0. The van der Waals surface area contributed by atoms with Crippen molar-refractivity contribution in [3.63, 3.8) is 0 Å². The van der Waals surface area contributed by atoms with E-state index in [4.69, 9.17) is 14.2 Å². The maximum atomic E-state index is 12.8. The molecule has 68 heavy (non-hydrogen) atoms. The van der Waals surface area contributed by atoms with Crippen LogP contribution in [0, 0.1) is 0 Å². The molecule has 0 saturated carbocycles. The van der Waals surface area contributed by atoms with Crippen LogP contribution in [0.25, 0.3) is 0 Å². The molecule has 0 bridgehead atoms. The molecular weight excluding hydrogens is 841 g/mol. The SMILES string of the molecule is CC/C=C\C/C=C\C/C=C\CCCCCCCC(=O)OC(COC(=O)CCCCCCC/C=C\CCCCC)COC(=O)CCCCCCCCCCCCC/C=C\C/C=C\CCCCCCC. The van der Waals surface area contributed by atoms with Crippen LogP contribution >= 0.6 is 0 Å². The smallest absolute Gasteiger partial charge is 0.306 e. The quantitative estimate of drug-likeness (QED) is 0.0262. The Morgan fingerprint density at radius 2 is 0.574 bits per heavy atom. The largest absolute Gasteiger partial charge is 0.462 e. The number of hydrogen-bond acceptors (Lipinski definition) is 6. The van der Waals surface area contributed by atoms with E-state index < -0.39 is 6.10 Å². The Kier molecular flexibility index (Phi) is 53.8. The average Bonchev–Trinajstić information content (AvgIpc) is 3.34. The van der Waals surface area contributed by atoms with Crippen molar-refractivity contribution in [1.82, 2.24) is 0 Å². The summed E-state index contributed by atoms with van der Waals surface area (Å²) in [5.74, 6) is -0.907. The molecule has 6 nitrogen and oxygen atoms in total. The van der Waals surface area contributed by atoms with Crippen LogP contribution in [0.2, 0.25) is 0 Å². The topological polar surface area (TPSA) is 78.9 Å². The Bertz CT molecular complexity index is 1270. The van der Waals surface area contributed by atoms with Gasteiger partial charge in [-0.05, 0) is 109 Å². The maximum absolute atomic E-state index is 12.8. The second kappa shape index (κ2) is 56.4. The fourth-order valence-electron chi connectivity index (χ4n) is 8.07. The summed E-state index contributed by atoms with van der Waals surface area (Å²) in [6.45, 7) is 6.49. The van der Waals surface area contributed by atoms with E-state index >= 15 is 0 Å². The van der Waals surface area contributed by atoms with Crippen molar-refractivity contribution in [3.8, 4) is 0 Å². The predicted molar refractivity (Wildman–Crippen MR) is 293 cm³/mol. The van der Waals surface area contributed by atoms with E-state index in [1.165, 1.54) is 135 Å². The van der Waals surface area contributed by atoms with E-state index in [1.807, 2.05) is 0 Å². The van der Waals surface area contributed by atoms with Gasteiger partial charge in [-0.15, -0.1) is 0 Å². The molecule has 0 aromatic carbocycles. The first-order chi connectivity index (χ1) is 33.5. The van der Waals surface area contributed by atoms with Crippen molar-refractivity contribution in [2.45, 2.75) is 290 Å². The van der Waals surface area contributed by atoms with E-state index in [0.29, 0.717) is 19.3 Å². The first-order valence-electron chi connectivity index (χ1n) is 28.9. The van der Waals surface area contributed by atoms with E-state index in [1.54, 1.807) is 0 Å². The number of ether oxygens (including phenoxy) is 3. The number of hydrogen-bond donors (Lipinski definition) is 0. The highest BCUT2D eigenvalue weighted by Crippen LogP contribution is 2.15. The highest BCUT2D eigenvalue weighted by atomic mass is 16.6. The van der Waals surface area contributed by atoms with Gasteiger partial charge in [0.25, 0.3) is 0 Å². The zero-order chi connectivity index (χ0) is 49.3. The summed E-state index contributed by atoms with van der Waals surface area (Å²) in [5, 5.41) is 0. The third-order valence-electron chi connectivity index (χ3n) is 12.4. The van der Waals surface area contributed by atoms with Crippen LogP contribution in [-0.4, -0.2) is 37.2 Å². The van der Waals surface area contributed by atoms with Gasteiger partial charge in [0, 0.05) is 19.3 Å². The lowest BCUT2D eigenvalue weighted by atomic mass is 10.0. The number of carbonyl (C=O) groups excluding carboxylic acids is 3. The van der Waals surface area contributed by atoms with Gasteiger partial charge in [-0.1, -0.05) is 229 Å². The number of esters is 3. The summed E-state index contributed by atoms with van der Waals surface area (Å²) >= 11 is 0. The van der Waals surface area contributed by atoms with Crippen LogP contribution in [0.4, 0.5) is 0 Å². The Balaban J connectivity index is 4.31. The maximum Gasteiger partial charge on any atom is 0.306 e. The minimum absolute atomic E-state index is 0.0855. The molecule has 0 radical (unpaired) electrons. The standard InChI is InChI=1S/C62H108O6/c1-4-7-10-13-16-19-22-25-27-28-29-30-31-32-33-34-36-37-40-43-46-49-52-55-61(64)67-58-59(57-66-60(63)54-51-48-45-42-39-24-21-18-15-12-9-6-3)68-62(65)56-53-50-47-44-41-38-35-26-23-20-17-14-11-8-5-2/h8,11,17-18,20-22,25-26,28-29,35,59H,4-7,9-10,12-16,19,23-24,27,30-34,36-58H2,1-3H3/b11-8-,20-17-,21-18-,25-22-,29-28-,35-26-. The molecule has 0 fully saturated rings. The molecule has 0 aromatic heterocycles. The lowest BCUT2D eigenvalue weighted by Crippen LogP contribution is -2.30. The number of unbranched alkanes of at least 4 members (excludes halogenated alkanes) is 29. The van der Waals surface area contributed by atoms with Gasteiger partial charge in [0.2, 0.25) is 0 Å².